The summed E-state index contributed by atoms with van der Waals surface area (Å²) in [5.41, 5.74) is 2.22. The first-order chi connectivity index (χ1) is 16.3. The zero-order valence-corrected chi connectivity index (χ0v) is 20.2. The van der Waals surface area contributed by atoms with Crippen molar-refractivity contribution in [1.82, 2.24) is 14.7 Å². The van der Waals surface area contributed by atoms with Crippen LogP contribution >= 0.6 is 0 Å². The average Bonchev–Trinajstić information content (AvgIpc) is 3.09. The Balaban J connectivity index is 1.93. The average molecular weight is 474 g/mol. The van der Waals surface area contributed by atoms with Crippen LogP contribution in [0.25, 0.3) is 5.69 Å². The van der Waals surface area contributed by atoms with E-state index in [4.69, 9.17) is 9.47 Å². The second kappa shape index (κ2) is 12.1. The fraction of sp³-hybridized carbons (Fsp3) is 0.423. The maximum atomic E-state index is 13.5. The molecule has 0 bridgehead atoms. The Kier molecular flexibility index (Phi) is 9.15. The molecule has 0 amide bonds. The number of halogens is 2. The van der Waals surface area contributed by atoms with Gasteiger partial charge in [-0.1, -0.05) is 6.92 Å². The van der Waals surface area contributed by atoms with Crippen LogP contribution in [0.1, 0.15) is 38.4 Å². The predicted molar refractivity (Wildman–Crippen MR) is 127 cm³/mol. The number of hydrogen-bond donors (Lipinski definition) is 1. The number of ether oxygens (including phenoxy) is 2. The summed E-state index contributed by atoms with van der Waals surface area (Å²) in [6.45, 7) is 9.75. The standard InChI is InChI=1S/C26H33F2N3O3/c1-5-14-30(15-23(32)17-33-18(2)3)16-25-19(4)29-31(22-10-6-20(27)7-11-22)26(25)34-24-12-8-21(28)9-13-24/h6-13,18,23,32H,5,14-17H2,1-4H3/t23-/m0/s1. The van der Waals surface area contributed by atoms with Crippen LogP contribution in [0.2, 0.25) is 0 Å². The number of rotatable bonds is 12. The van der Waals surface area contributed by atoms with Crippen molar-refractivity contribution in [3.05, 3.63) is 71.4 Å². The molecule has 0 aliphatic heterocycles. The lowest BCUT2D eigenvalue weighted by atomic mass is 10.2. The fourth-order valence-electron chi connectivity index (χ4n) is 3.63. The molecule has 2 aromatic carbocycles. The Morgan fingerprint density at radius 1 is 1.03 bits per heavy atom. The van der Waals surface area contributed by atoms with Crippen LogP contribution in [0.15, 0.2) is 48.5 Å². The lowest BCUT2D eigenvalue weighted by Crippen LogP contribution is -2.35. The van der Waals surface area contributed by atoms with Crippen molar-refractivity contribution in [2.45, 2.75) is 52.9 Å². The summed E-state index contributed by atoms with van der Waals surface area (Å²) in [5.74, 6) is 0.214. The number of aliphatic hydroxyl groups excluding tert-OH is 1. The highest BCUT2D eigenvalue weighted by molar-refractivity contribution is 5.43. The van der Waals surface area contributed by atoms with Gasteiger partial charge in [0.05, 0.1) is 35.8 Å². The highest BCUT2D eigenvalue weighted by Gasteiger charge is 2.22. The van der Waals surface area contributed by atoms with E-state index in [1.807, 2.05) is 20.8 Å². The first-order valence-electron chi connectivity index (χ1n) is 11.6. The van der Waals surface area contributed by atoms with Gasteiger partial charge in [0.25, 0.3) is 0 Å². The largest absolute Gasteiger partial charge is 0.439 e. The first-order valence-corrected chi connectivity index (χ1v) is 11.6. The molecular formula is C26H33F2N3O3. The van der Waals surface area contributed by atoms with Crippen LogP contribution in [-0.2, 0) is 11.3 Å². The second-order valence-corrected chi connectivity index (χ2v) is 8.58. The van der Waals surface area contributed by atoms with E-state index >= 15 is 0 Å². The molecule has 0 spiro atoms. The Bertz CT molecular complexity index is 1040. The van der Waals surface area contributed by atoms with Gasteiger partial charge in [0.15, 0.2) is 0 Å². The molecule has 0 fully saturated rings. The summed E-state index contributed by atoms with van der Waals surface area (Å²) in [6.07, 6.45) is 0.306. The Morgan fingerprint density at radius 3 is 2.24 bits per heavy atom. The van der Waals surface area contributed by atoms with Gasteiger partial charge in [-0.05, 0) is 82.3 Å². The molecular weight excluding hydrogens is 440 g/mol. The molecule has 0 saturated heterocycles. The zero-order chi connectivity index (χ0) is 24.7. The molecule has 184 valence electrons. The van der Waals surface area contributed by atoms with E-state index < -0.39 is 6.10 Å². The fourth-order valence-corrected chi connectivity index (χ4v) is 3.63. The minimum atomic E-state index is -0.636. The number of nitrogens with zero attached hydrogens (tertiary/aromatic N) is 3. The summed E-state index contributed by atoms with van der Waals surface area (Å²) in [7, 11) is 0. The molecule has 1 N–H and O–H groups in total. The van der Waals surface area contributed by atoms with E-state index in [1.54, 1.807) is 28.9 Å². The molecule has 3 rings (SSSR count). The van der Waals surface area contributed by atoms with E-state index in [9.17, 15) is 13.9 Å². The minimum Gasteiger partial charge on any atom is -0.439 e. The van der Waals surface area contributed by atoms with Crippen molar-refractivity contribution in [2.24, 2.45) is 0 Å². The van der Waals surface area contributed by atoms with Crippen LogP contribution in [0.5, 0.6) is 11.6 Å². The molecule has 6 nitrogen and oxygen atoms in total. The van der Waals surface area contributed by atoms with Crippen LogP contribution in [0, 0.1) is 18.6 Å². The first kappa shape index (κ1) is 25.8. The van der Waals surface area contributed by atoms with Gasteiger partial charge in [-0.2, -0.15) is 5.10 Å². The minimum absolute atomic E-state index is 0.0428. The quantitative estimate of drug-likeness (QED) is 0.389. The van der Waals surface area contributed by atoms with Crippen molar-refractivity contribution >= 4 is 0 Å². The van der Waals surface area contributed by atoms with Crippen LogP contribution in [0.4, 0.5) is 8.78 Å². The van der Waals surface area contributed by atoms with Gasteiger partial charge in [-0.25, -0.2) is 13.5 Å². The molecule has 3 aromatic rings. The van der Waals surface area contributed by atoms with E-state index in [0.29, 0.717) is 30.4 Å². The maximum Gasteiger partial charge on any atom is 0.227 e. The number of hydrogen-bond acceptors (Lipinski definition) is 5. The van der Waals surface area contributed by atoms with Gasteiger partial charge in [0.1, 0.15) is 17.4 Å². The van der Waals surface area contributed by atoms with E-state index in [1.165, 1.54) is 24.3 Å². The van der Waals surface area contributed by atoms with Crippen molar-refractivity contribution in [3.63, 3.8) is 0 Å². The van der Waals surface area contributed by atoms with Gasteiger partial charge >= 0.3 is 0 Å². The topological polar surface area (TPSA) is 59.8 Å². The molecule has 0 unspecified atom stereocenters. The summed E-state index contributed by atoms with van der Waals surface area (Å²) in [5, 5.41) is 15.1. The van der Waals surface area contributed by atoms with Gasteiger partial charge in [-0.15, -0.1) is 0 Å². The summed E-state index contributed by atoms with van der Waals surface area (Å²) in [4.78, 5) is 2.13. The Morgan fingerprint density at radius 2 is 1.65 bits per heavy atom. The predicted octanol–water partition coefficient (Wildman–Crippen LogP) is 5.25. The smallest absolute Gasteiger partial charge is 0.227 e. The maximum absolute atomic E-state index is 13.5. The van der Waals surface area contributed by atoms with E-state index in [0.717, 1.165) is 24.2 Å². The lowest BCUT2D eigenvalue weighted by molar-refractivity contribution is -0.00957. The van der Waals surface area contributed by atoms with Gasteiger partial charge in [0.2, 0.25) is 5.88 Å². The zero-order valence-electron chi connectivity index (χ0n) is 20.2. The molecule has 8 heteroatoms. The number of benzene rings is 2. The van der Waals surface area contributed by atoms with Gasteiger partial charge in [0, 0.05) is 13.1 Å². The van der Waals surface area contributed by atoms with Crippen molar-refractivity contribution < 1.29 is 23.4 Å². The van der Waals surface area contributed by atoms with Crippen LogP contribution in [0.3, 0.4) is 0 Å². The van der Waals surface area contributed by atoms with E-state index in [2.05, 4.69) is 16.9 Å². The monoisotopic (exact) mass is 473 g/mol. The highest BCUT2D eigenvalue weighted by Crippen LogP contribution is 2.32. The van der Waals surface area contributed by atoms with Crippen molar-refractivity contribution in [1.29, 1.82) is 0 Å². The lowest BCUT2D eigenvalue weighted by Gasteiger charge is -2.25. The molecule has 1 heterocycles. The molecule has 1 atom stereocenters. The highest BCUT2D eigenvalue weighted by atomic mass is 19.1. The molecule has 0 aliphatic carbocycles. The SMILES string of the molecule is CCCN(Cc1c(C)nn(-c2ccc(F)cc2)c1Oc1ccc(F)cc1)C[C@H](O)COC(C)C. The number of aryl methyl sites for hydroxylation is 1. The summed E-state index contributed by atoms with van der Waals surface area (Å²) >= 11 is 0. The van der Waals surface area contributed by atoms with E-state index in [-0.39, 0.29) is 24.3 Å². The number of aliphatic hydroxyl groups is 1. The third-order valence-corrected chi connectivity index (χ3v) is 5.25. The third kappa shape index (κ3) is 7.09. The molecule has 0 aliphatic rings. The molecule has 0 saturated carbocycles. The second-order valence-electron chi connectivity index (χ2n) is 8.58. The van der Waals surface area contributed by atoms with Crippen LogP contribution < -0.4 is 4.74 Å². The third-order valence-electron chi connectivity index (χ3n) is 5.25. The summed E-state index contributed by atoms with van der Waals surface area (Å²) < 4.78 is 40.3. The van der Waals surface area contributed by atoms with Crippen molar-refractivity contribution in [2.75, 3.05) is 19.7 Å². The molecule has 0 radical (unpaired) electrons. The molecule has 34 heavy (non-hydrogen) atoms. The Labute approximate surface area is 199 Å². The molecule has 1 aromatic heterocycles. The number of aromatic nitrogens is 2. The van der Waals surface area contributed by atoms with Crippen LogP contribution in [-0.4, -0.2) is 51.7 Å². The normalized spacial score (nSPS) is 12.5. The van der Waals surface area contributed by atoms with Gasteiger partial charge < -0.3 is 14.6 Å². The van der Waals surface area contributed by atoms with Crippen molar-refractivity contribution in [3.8, 4) is 17.3 Å². The summed E-state index contributed by atoms with van der Waals surface area (Å²) in [6, 6.07) is 11.7. The van der Waals surface area contributed by atoms with Gasteiger partial charge in [-0.3, -0.25) is 4.90 Å². The Hall–Kier alpha value is -2.81.